The van der Waals surface area contributed by atoms with Gasteiger partial charge in [0, 0.05) is 13.2 Å². The van der Waals surface area contributed by atoms with Crippen molar-refractivity contribution in [3.05, 3.63) is 0 Å². The third-order valence-corrected chi connectivity index (χ3v) is 6.35. The topological polar surface area (TPSA) is 55.4 Å². The van der Waals surface area contributed by atoms with Crippen LogP contribution in [-0.2, 0) is 14.6 Å². The first kappa shape index (κ1) is 16.9. The first-order valence-corrected chi connectivity index (χ1v) is 9.20. The fourth-order valence-electron chi connectivity index (χ4n) is 2.89. The lowest BCUT2D eigenvalue weighted by Gasteiger charge is -2.36. The van der Waals surface area contributed by atoms with Crippen molar-refractivity contribution in [2.45, 2.75) is 57.2 Å². The molecule has 0 aliphatic heterocycles. The summed E-state index contributed by atoms with van der Waals surface area (Å²) < 4.78 is 29.9. The molecular weight excluding hydrogens is 262 g/mol. The maximum absolute atomic E-state index is 12.5. The standard InChI is InChI=1S/C14H29NO3S/c1-4-8-15-13-7-6-12(5-2)11-14(13)19(16,17)10-9-18-3/h12-15H,4-11H2,1-3H3. The summed E-state index contributed by atoms with van der Waals surface area (Å²) in [6.07, 6.45) is 5.06. The van der Waals surface area contributed by atoms with Crippen molar-refractivity contribution in [3.63, 3.8) is 0 Å². The highest BCUT2D eigenvalue weighted by Crippen LogP contribution is 2.31. The summed E-state index contributed by atoms with van der Waals surface area (Å²) >= 11 is 0. The quantitative estimate of drug-likeness (QED) is 0.743. The summed E-state index contributed by atoms with van der Waals surface area (Å²) in [6.45, 7) is 5.47. The number of hydrogen-bond acceptors (Lipinski definition) is 4. The fraction of sp³-hybridized carbons (Fsp3) is 1.00. The van der Waals surface area contributed by atoms with E-state index in [0.29, 0.717) is 12.5 Å². The molecule has 0 bridgehead atoms. The molecule has 3 unspecified atom stereocenters. The molecule has 1 saturated carbocycles. The normalized spacial score (nSPS) is 28.5. The van der Waals surface area contributed by atoms with Crippen LogP contribution in [0.25, 0.3) is 0 Å². The number of nitrogens with one attached hydrogen (secondary N) is 1. The van der Waals surface area contributed by atoms with E-state index in [1.165, 1.54) is 0 Å². The second-order valence-corrected chi connectivity index (χ2v) is 7.89. The van der Waals surface area contributed by atoms with Crippen LogP contribution in [0.2, 0.25) is 0 Å². The highest BCUT2D eigenvalue weighted by atomic mass is 32.2. The number of methoxy groups -OCH3 is 1. The molecule has 0 spiro atoms. The van der Waals surface area contributed by atoms with Crippen LogP contribution in [0.5, 0.6) is 0 Å². The molecule has 0 aromatic heterocycles. The molecule has 1 aliphatic carbocycles. The molecule has 0 aromatic rings. The Bertz CT molecular complexity index is 343. The van der Waals surface area contributed by atoms with Crippen LogP contribution in [-0.4, -0.2) is 45.7 Å². The molecule has 114 valence electrons. The molecule has 0 aromatic carbocycles. The minimum absolute atomic E-state index is 0.129. The second-order valence-electron chi connectivity index (χ2n) is 5.55. The Kier molecular flexibility index (Phi) is 7.32. The molecule has 4 nitrogen and oxygen atoms in total. The van der Waals surface area contributed by atoms with E-state index in [-0.39, 0.29) is 17.0 Å². The van der Waals surface area contributed by atoms with Gasteiger partial charge in [0.15, 0.2) is 9.84 Å². The van der Waals surface area contributed by atoms with Crippen LogP contribution in [0.3, 0.4) is 0 Å². The lowest BCUT2D eigenvalue weighted by Crippen LogP contribution is -2.49. The third kappa shape index (κ3) is 5.04. The number of sulfone groups is 1. The van der Waals surface area contributed by atoms with E-state index < -0.39 is 9.84 Å². The van der Waals surface area contributed by atoms with Crippen LogP contribution < -0.4 is 5.32 Å². The van der Waals surface area contributed by atoms with Crippen LogP contribution in [0.15, 0.2) is 0 Å². The van der Waals surface area contributed by atoms with Crippen molar-refractivity contribution in [1.29, 1.82) is 0 Å². The predicted octanol–water partition coefficient (Wildman–Crippen LogP) is 1.99. The van der Waals surface area contributed by atoms with Gasteiger partial charge in [0.2, 0.25) is 0 Å². The van der Waals surface area contributed by atoms with Crippen molar-refractivity contribution >= 4 is 9.84 Å². The molecular formula is C14H29NO3S. The molecule has 0 saturated heterocycles. The van der Waals surface area contributed by atoms with Crippen LogP contribution in [0, 0.1) is 5.92 Å². The molecule has 3 atom stereocenters. The Morgan fingerprint density at radius 3 is 2.58 bits per heavy atom. The van der Waals surface area contributed by atoms with Crippen molar-refractivity contribution in [1.82, 2.24) is 5.32 Å². The summed E-state index contributed by atoms with van der Waals surface area (Å²) in [6, 6.07) is 0.129. The lowest BCUT2D eigenvalue weighted by atomic mass is 9.84. The molecule has 0 heterocycles. The number of rotatable bonds is 8. The van der Waals surface area contributed by atoms with Gasteiger partial charge in [-0.25, -0.2) is 8.42 Å². The molecule has 1 rings (SSSR count). The molecule has 0 amide bonds. The fourth-order valence-corrected chi connectivity index (χ4v) is 4.89. The third-order valence-electron chi connectivity index (χ3n) is 4.17. The maximum Gasteiger partial charge on any atom is 0.156 e. The minimum atomic E-state index is -3.06. The Labute approximate surface area is 118 Å². The zero-order chi connectivity index (χ0) is 14.3. The molecule has 5 heteroatoms. The average Bonchev–Trinajstić information content (AvgIpc) is 2.42. The van der Waals surface area contributed by atoms with Gasteiger partial charge in [0.25, 0.3) is 0 Å². The summed E-state index contributed by atoms with van der Waals surface area (Å²) in [5.74, 6) is 0.705. The van der Waals surface area contributed by atoms with E-state index in [1.54, 1.807) is 7.11 Å². The monoisotopic (exact) mass is 291 g/mol. The van der Waals surface area contributed by atoms with Crippen LogP contribution >= 0.6 is 0 Å². The number of ether oxygens (including phenoxy) is 1. The molecule has 1 aliphatic rings. The SMILES string of the molecule is CCCNC1CCC(CC)CC1S(=O)(=O)CCOC. The van der Waals surface area contributed by atoms with Crippen molar-refractivity contribution in [2.24, 2.45) is 5.92 Å². The Balaban J connectivity index is 2.74. The van der Waals surface area contributed by atoms with Crippen molar-refractivity contribution in [3.8, 4) is 0 Å². The van der Waals surface area contributed by atoms with Crippen LogP contribution in [0.1, 0.15) is 46.0 Å². The number of hydrogen-bond donors (Lipinski definition) is 1. The van der Waals surface area contributed by atoms with Gasteiger partial charge in [-0.05, 0) is 38.1 Å². The summed E-state index contributed by atoms with van der Waals surface area (Å²) in [5.41, 5.74) is 0. The minimum Gasteiger partial charge on any atom is -0.384 e. The van der Waals surface area contributed by atoms with Gasteiger partial charge >= 0.3 is 0 Å². The van der Waals surface area contributed by atoms with E-state index in [4.69, 9.17) is 4.74 Å². The van der Waals surface area contributed by atoms with Crippen molar-refractivity contribution in [2.75, 3.05) is 26.0 Å². The first-order valence-electron chi connectivity index (χ1n) is 7.49. The smallest absolute Gasteiger partial charge is 0.156 e. The Morgan fingerprint density at radius 2 is 2.00 bits per heavy atom. The first-order chi connectivity index (χ1) is 9.05. The van der Waals surface area contributed by atoms with E-state index in [1.807, 2.05) is 0 Å². The van der Waals surface area contributed by atoms with Gasteiger partial charge in [-0.2, -0.15) is 0 Å². The molecule has 1 N–H and O–H groups in total. The highest BCUT2D eigenvalue weighted by Gasteiger charge is 2.37. The Hall–Kier alpha value is -0.130. The Morgan fingerprint density at radius 1 is 1.26 bits per heavy atom. The molecule has 0 radical (unpaired) electrons. The van der Waals surface area contributed by atoms with E-state index >= 15 is 0 Å². The van der Waals surface area contributed by atoms with Crippen LogP contribution in [0.4, 0.5) is 0 Å². The average molecular weight is 291 g/mol. The van der Waals surface area contributed by atoms with Gasteiger partial charge in [0.1, 0.15) is 0 Å². The zero-order valence-electron chi connectivity index (χ0n) is 12.5. The van der Waals surface area contributed by atoms with Crippen molar-refractivity contribution < 1.29 is 13.2 Å². The van der Waals surface area contributed by atoms with E-state index in [2.05, 4.69) is 19.2 Å². The summed E-state index contributed by atoms with van der Waals surface area (Å²) in [7, 11) is -1.50. The second kappa shape index (κ2) is 8.22. The van der Waals surface area contributed by atoms with Gasteiger partial charge in [-0.15, -0.1) is 0 Å². The zero-order valence-corrected chi connectivity index (χ0v) is 13.3. The van der Waals surface area contributed by atoms with Gasteiger partial charge in [0.05, 0.1) is 17.6 Å². The van der Waals surface area contributed by atoms with Gasteiger partial charge in [-0.3, -0.25) is 0 Å². The summed E-state index contributed by atoms with van der Waals surface area (Å²) in [5, 5.41) is 3.20. The highest BCUT2D eigenvalue weighted by molar-refractivity contribution is 7.92. The van der Waals surface area contributed by atoms with Gasteiger partial charge in [-0.1, -0.05) is 20.3 Å². The predicted molar refractivity (Wildman–Crippen MR) is 79.2 cm³/mol. The largest absolute Gasteiger partial charge is 0.384 e. The summed E-state index contributed by atoms with van der Waals surface area (Å²) in [4.78, 5) is 0. The lowest BCUT2D eigenvalue weighted by molar-refractivity contribution is 0.215. The molecule has 1 fully saturated rings. The molecule has 19 heavy (non-hydrogen) atoms. The van der Waals surface area contributed by atoms with E-state index in [9.17, 15) is 8.42 Å². The van der Waals surface area contributed by atoms with Gasteiger partial charge < -0.3 is 10.1 Å². The maximum atomic E-state index is 12.5. The van der Waals surface area contributed by atoms with E-state index in [0.717, 1.165) is 38.6 Å².